The fourth-order valence-corrected chi connectivity index (χ4v) is 4.92. The molecule has 0 saturated carbocycles. The molecule has 1 aliphatic rings. The monoisotopic (exact) mass is 603 g/mol. The molecular weight excluding hydrogens is 562 g/mol. The summed E-state index contributed by atoms with van der Waals surface area (Å²) in [5, 5.41) is 20.0. The summed E-state index contributed by atoms with van der Waals surface area (Å²) in [6, 6.07) is 10.7. The molecular formula is C30H41N3O10. The van der Waals surface area contributed by atoms with Crippen molar-refractivity contribution in [1.29, 1.82) is 0 Å². The molecule has 2 aromatic carbocycles. The van der Waals surface area contributed by atoms with Crippen LogP contribution in [0.1, 0.15) is 43.4 Å². The zero-order valence-corrected chi connectivity index (χ0v) is 25.0. The van der Waals surface area contributed by atoms with Crippen molar-refractivity contribution >= 4 is 17.8 Å². The summed E-state index contributed by atoms with van der Waals surface area (Å²) in [4.78, 5) is 45.9. The van der Waals surface area contributed by atoms with E-state index in [9.17, 15) is 14.4 Å². The zero-order chi connectivity index (χ0) is 31.4. The van der Waals surface area contributed by atoms with Crippen LogP contribution in [0.4, 0.5) is 0 Å². The van der Waals surface area contributed by atoms with Gasteiger partial charge in [-0.1, -0.05) is 30.3 Å². The molecule has 3 N–H and O–H groups in total. The average molecular weight is 604 g/mol. The molecule has 3 unspecified atom stereocenters. The second-order valence-corrected chi connectivity index (χ2v) is 9.99. The molecule has 0 bridgehead atoms. The topological polar surface area (TPSA) is 156 Å². The van der Waals surface area contributed by atoms with Crippen LogP contribution in [0.2, 0.25) is 0 Å². The Morgan fingerprint density at radius 1 is 1.02 bits per heavy atom. The Morgan fingerprint density at radius 3 is 2.33 bits per heavy atom. The lowest BCUT2D eigenvalue weighted by atomic mass is 9.92. The van der Waals surface area contributed by atoms with E-state index in [1.165, 1.54) is 19.1 Å². The highest BCUT2D eigenvalue weighted by atomic mass is 17.1. The molecule has 2 aromatic rings. The lowest BCUT2D eigenvalue weighted by Gasteiger charge is -2.37. The van der Waals surface area contributed by atoms with Gasteiger partial charge in [0, 0.05) is 19.4 Å². The van der Waals surface area contributed by atoms with Crippen LogP contribution in [0.5, 0.6) is 11.5 Å². The van der Waals surface area contributed by atoms with Gasteiger partial charge in [0.25, 0.3) is 0 Å². The first kappa shape index (κ1) is 33.7. The first-order valence-electron chi connectivity index (χ1n) is 14.2. The Morgan fingerprint density at radius 2 is 1.70 bits per heavy atom. The Bertz CT molecular complexity index is 1210. The maximum atomic E-state index is 13.9. The molecule has 3 rings (SSSR count). The zero-order valence-electron chi connectivity index (χ0n) is 25.0. The van der Waals surface area contributed by atoms with E-state index >= 15 is 0 Å². The van der Waals surface area contributed by atoms with E-state index in [1.807, 2.05) is 30.3 Å². The first-order valence-corrected chi connectivity index (χ1v) is 14.2. The summed E-state index contributed by atoms with van der Waals surface area (Å²) in [6.45, 7) is 3.50. The van der Waals surface area contributed by atoms with Gasteiger partial charge in [0.05, 0.1) is 45.5 Å². The second kappa shape index (κ2) is 16.8. The summed E-state index contributed by atoms with van der Waals surface area (Å²) >= 11 is 0. The van der Waals surface area contributed by atoms with Crippen molar-refractivity contribution in [3.8, 4) is 11.5 Å². The number of methoxy groups -OCH3 is 2. The number of nitrogens with zero attached hydrogens (tertiary/aromatic N) is 2. The van der Waals surface area contributed by atoms with Crippen LogP contribution in [0, 0.1) is 0 Å². The molecule has 0 radical (unpaired) electrons. The number of hydrogen-bond donors (Lipinski definition) is 3. The molecule has 3 atom stereocenters. The Hall–Kier alpha value is -3.75. The molecule has 13 heteroatoms. The number of nitrogens with one attached hydrogen (secondary N) is 1. The second-order valence-electron chi connectivity index (χ2n) is 9.99. The maximum absolute atomic E-state index is 13.9. The third-order valence-corrected chi connectivity index (χ3v) is 7.09. The number of esters is 2. The molecule has 1 amide bonds. The van der Waals surface area contributed by atoms with E-state index in [2.05, 4.69) is 10.2 Å². The highest BCUT2D eigenvalue weighted by Crippen LogP contribution is 2.35. The van der Waals surface area contributed by atoms with Crippen molar-refractivity contribution in [3.05, 3.63) is 59.2 Å². The molecule has 13 nitrogen and oxygen atoms in total. The molecule has 236 valence electrons. The minimum Gasteiger partial charge on any atom is -0.493 e. The van der Waals surface area contributed by atoms with Crippen LogP contribution in [0.15, 0.2) is 42.5 Å². The molecule has 0 spiro atoms. The predicted octanol–water partition coefficient (Wildman–Crippen LogP) is 2.45. The minimum absolute atomic E-state index is 0.0672. The smallest absolute Gasteiger partial charge is 0.329 e. The van der Waals surface area contributed by atoms with Gasteiger partial charge in [0.2, 0.25) is 5.91 Å². The quantitative estimate of drug-likeness (QED) is 0.147. The van der Waals surface area contributed by atoms with Crippen LogP contribution >= 0.6 is 0 Å². The Labute approximate surface area is 251 Å². The van der Waals surface area contributed by atoms with Crippen molar-refractivity contribution < 1.29 is 48.6 Å². The van der Waals surface area contributed by atoms with Crippen LogP contribution in [0.3, 0.4) is 0 Å². The van der Waals surface area contributed by atoms with E-state index in [-0.39, 0.29) is 39.2 Å². The molecule has 1 aliphatic heterocycles. The molecule has 0 aliphatic carbocycles. The number of carbonyl (C=O) groups excluding carboxylic acids is 3. The van der Waals surface area contributed by atoms with Crippen molar-refractivity contribution in [2.45, 2.75) is 64.2 Å². The van der Waals surface area contributed by atoms with Gasteiger partial charge in [-0.3, -0.25) is 30.2 Å². The van der Waals surface area contributed by atoms with Crippen LogP contribution in [-0.2, 0) is 48.1 Å². The van der Waals surface area contributed by atoms with Crippen LogP contribution < -0.4 is 14.8 Å². The maximum Gasteiger partial charge on any atom is 0.329 e. The van der Waals surface area contributed by atoms with Crippen molar-refractivity contribution in [2.75, 3.05) is 34.0 Å². The van der Waals surface area contributed by atoms with Gasteiger partial charge in [-0.15, -0.1) is 0 Å². The molecule has 43 heavy (non-hydrogen) atoms. The lowest BCUT2D eigenvalue weighted by molar-refractivity contribution is -0.492. The standard InChI is InChI=1S/C30H41N3O10/c1-5-41-29(35)24(13-12-21-10-7-6-8-11-21)31-20(2)28(34)32-19-23-18-27(40-4)26(39-3)17-22(23)16-25(32)30(36)42-14-9-15-43-33(37)38/h6-8,10-11,17-18,20,24-25,31,37-38H,5,9,12-16,19H2,1-4H3. The Kier molecular flexibility index (Phi) is 13.2. The number of carbonyl (C=O) groups is 3. The van der Waals surface area contributed by atoms with Gasteiger partial charge in [-0.25, -0.2) is 4.79 Å². The number of aryl methyl sites for hydroxylation is 1. The van der Waals surface area contributed by atoms with Gasteiger partial charge in [-0.05, 0) is 55.5 Å². The third-order valence-electron chi connectivity index (χ3n) is 7.09. The number of amides is 1. The van der Waals surface area contributed by atoms with E-state index in [0.717, 1.165) is 16.7 Å². The van der Waals surface area contributed by atoms with Gasteiger partial charge < -0.3 is 23.8 Å². The van der Waals surface area contributed by atoms with Gasteiger partial charge in [0.1, 0.15) is 12.1 Å². The highest BCUT2D eigenvalue weighted by Gasteiger charge is 2.39. The van der Waals surface area contributed by atoms with Crippen LogP contribution in [-0.4, -0.2) is 90.7 Å². The molecule has 0 saturated heterocycles. The van der Waals surface area contributed by atoms with Crippen molar-refractivity contribution in [2.24, 2.45) is 0 Å². The fraction of sp³-hybridized carbons (Fsp3) is 0.500. The molecule has 0 aromatic heterocycles. The van der Waals surface area contributed by atoms with Gasteiger partial charge >= 0.3 is 11.9 Å². The minimum atomic E-state index is -0.958. The summed E-state index contributed by atoms with van der Waals surface area (Å²) in [5.41, 5.74) is 2.64. The third kappa shape index (κ3) is 9.63. The van der Waals surface area contributed by atoms with E-state index < -0.39 is 41.4 Å². The van der Waals surface area contributed by atoms with Gasteiger partial charge in [-0.2, -0.15) is 0 Å². The first-order chi connectivity index (χ1) is 20.7. The lowest BCUT2D eigenvalue weighted by Crippen LogP contribution is -2.56. The highest BCUT2D eigenvalue weighted by molar-refractivity contribution is 5.89. The van der Waals surface area contributed by atoms with E-state index in [4.69, 9.17) is 29.4 Å². The summed E-state index contributed by atoms with van der Waals surface area (Å²) in [5.74, 6) is -0.492. The normalized spacial score (nSPS) is 15.8. The van der Waals surface area contributed by atoms with E-state index in [0.29, 0.717) is 24.3 Å². The average Bonchev–Trinajstić information content (AvgIpc) is 3.01. The number of rotatable bonds is 16. The van der Waals surface area contributed by atoms with Crippen molar-refractivity contribution in [3.63, 3.8) is 0 Å². The number of ether oxygens (including phenoxy) is 4. The van der Waals surface area contributed by atoms with Crippen molar-refractivity contribution in [1.82, 2.24) is 15.6 Å². The number of benzene rings is 2. The summed E-state index contributed by atoms with van der Waals surface area (Å²) < 4.78 is 21.6. The summed E-state index contributed by atoms with van der Waals surface area (Å²) in [6.07, 6.45) is 1.36. The molecule has 0 fully saturated rings. The number of fused-ring (bicyclic) bond motifs is 1. The Balaban J connectivity index is 1.80. The van der Waals surface area contributed by atoms with E-state index in [1.54, 1.807) is 26.0 Å². The largest absolute Gasteiger partial charge is 0.493 e. The number of hydrogen-bond acceptors (Lipinski definition) is 12. The SMILES string of the molecule is CCOC(=O)C(CCc1ccccc1)NC(C)C(=O)N1Cc2cc(OC)c(OC)cc2CC1C(=O)OCCCON(O)O. The van der Waals surface area contributed by atoms with Gasteiger partial charge in [0.15, 0.2) is 11.5 Å². The summed E-state index contributed by atoms with van der Waals surface area (Å²) in [7, 11) is 3.03. The van der Waals surface area contributed by atoms with Crippen LogP contribution in [0.25, 0.3) is 0 Å². The molecule has 1 heterocycles. The fourth-order valence-electron chi connectivity index (χ4n) is 4.92. The predicted molar refractivity (Wildman–Crippen MR) is 152 cm³/mol.